The van der Waals surface area contributed by atoms with E-state index in [1.54, 1.807) is 25.6 Å². The van der Waals surface area contributed by atoms with Gasteiger partial charge < -0.3 is 29.4 Å². The number of hydrogen-bond donors (Lipinski definition) is 2. The number of carbonyl (C=O) groups is 2. The van der Waals surface area contributed by atoms with Gasteiger partial charge in [-0.2, -0.15) is 0 Å². The maximum absolute atomic E-state index is 14.1. The van der Waals surface area contributed by atoms with Gasteiger partial charge in [-0.05, 0) is 113 Å². The summed E-state index contributed by atoms with van der Waals surface area (Å²) in [6, 6.07) is 41.3. The first-order valence-electron chi connectivity index (χ1n) is 20.1. The number of fused-ring (bicyclic) bond motifs is 1. The zero-order valence-electron chi connectivity index (χ0n) is 34.1. The Morgan fingerprint density at radius 3 is 2.18 bits per heavy atom. The van der Waals surface area contributed by atoms with E-state index in [0.29, 0.717) is 49.2 Å². The Labute approximate surface area is 367 Å². The van der Waals surface area contributed by atoms with Crippen LogP contribution in [-0.2, 0) is 40.3 Å². The van der Waals surface area contributed by atoms with Crippen LogP contribution in [0.3, 0.4) is 0 Å². The average molecular weight is 863 g/mol. The van der Waals surface area contributed by atoms with Crippen molar-refractivity contribution in [3.63, 3.8) is 0 Å². The van der Waals surface area contributed by atoms with Crippen LogP contribution in [0.25, 0.3) is 0 Å². The Morgan fingerprint density at radius 2 is 1.49 bits per heavy atom. The van der Waals surface area contributed by atoms with Gasteiger partial charge in [-0.15, -0.1) is 0 Å². The number of halogens is 2. The molecule has 5 aromatic carbocycles. The van der Waals surface area contributed by atoms with Crippen LogP contribution >= 0.6 is 23.2 Å². The molecule has 3 unspecified atom stereocenters. The molecule has 1 amide bonds. The summed E-state index contributed by atoms with van der Waals surface area (Å²) >= 11 is 12.2. The number of rotatable bonds is 17. The third kappa shape index (κ3) is 12.6. The summed E-state index contributed by atoms with van der Waals surface area (Å²) < 4.78 is 24.1. The number of carboxylic acid groups (broad SMARTS) is 1. The minimum Gasteiger partial charge on any atom is -0.489 e. The summed E-state index contributed by atoms with van der Waals surface area (Å²) in [5, 5.41) is 11.2. The normalized spacial score (nSPS) is 14.3. The number of amides is 1. The van der Waals surface area contributed by atoms with E-state index in [1.807, 2.05) is 84.9 Å². The summed E-state index contributed by atoms with van der Waals surface area (Å²) in [6.07, 6.45) is 5.22. The molecule has 1 aliphatic rings. The number of aromatic nitrogens is 1. The van der Waals surface area contributed by atoms with Gasteiger partial charge in [0.15, 0.2) is 0 Å². The van der Waals surface area contributed by atoms with E-state index in [4.69, 9.17) is 52.1 Å². The van der Waals surface area contributed by atoms with Crippen LogP contribution in [0.2, 0.25) is 10.0 Å². The van der Waals surface area contributed by atoms with Gasteiger partial charge in [0.1, 0.15) is 35.7 Å². The second-order valence-electron chi connectivity index (χ2n) is 14.4. The molecule has 3 atom stereocenters. The smallest absolute Gasteiger partial charge is 0.290 e. The quantitative estimate of drug-likeness (QED) is 0.0864. The number of nitrogens with one attached hydrogen (secondary N) is 1. The van der Waals surface area contributed by atoms with Crippen LogP contribution in [0, 0.1) is 0 Å². The number of nitrogens with zero attached hydrogens (tertiary/aromatic N) is 2. The van der Waals surface area contributed by atoms with Gasteiger partial charge in [0.2, 0.25) is 5.91 Å². The molecule has 316 valence electrons. The minimum atomic E-state index is -0.344. The topological polar surface area (TPSA) is 119 Å². The van der Waals surface area contributed by atoms with Gasteiger partial charge in [0.05, 0.1) is 22.7 Å². The summed E-state index contributed by atoms with van der Waals surface area (Å²) in [4.78, 5) is 28.8. The fraction of sp³-hybridized carbons (Fsp3) is 0.245. The lowest BCUT2D eigenvalue weighted by Gasteiger charge is -2.41. The number of methoxy groups -OCH3 is 1. The molecule has 0 radical (unpaired) electrons. The fourth-order valence-electron chi connectivity index (χ4n) is 7.37. The van der Waals surface area contributed by atoms with E-state index in [0.717, 1.165) is 57.2 Å². The van der Waals surface area contributed by atoms with Gasteiger partial charge in [-0.3, -0.25) is 19.5 Å². The third-order valence-corrected chi connectivity index (χ3v) is 11.1. The highest BCUT2D eigenvalue weighted by molar-refractivity contribution is 6.42. The van der Waals surface area contributed by atoms with Crippen molar-refractivity contribution in [2.75, 3.05) is 20.3 Å². The second-order valence-corrected chi connectivity index (χ2v) is 15.2. The van der Waals surface area contributed by atoms with Crippen molar-refractivity contribution in [3.8, 4) is 23.0 Å². The van der Waals surface area contributed by atoms with Crippen LogP contribution in [0.5, 0.6) is 23.0 Å². The van der Waals surface area contributed by atoms with Crippen molar-refractivity contribution in [2.24, 2.45) is 0 Å². The number of ether oxygens (including phenoxy) is 4. The van der Waals surface area contributed by atoms with E-state index >= 15 is 0 Å². The predicted octanol–water partition coefficient (Wildman–Crippen LogP) is 10.5. The van der Waals surface area contributed by atoms with Crippen LogP contribution in [0.1, 0.15) is 58.9 Å². The molecule has 12 heteroatoms. The van der Waals surface area contributed by atoms with Crippen molar-refractivity contribution in [3.05, 3.63) is 183 Å². The van der Waals surface area contributed by atoms with E-state index in [9.17, 15) is 4.79 Å². The summed E-state index contributed by atoms with van der Waals surface area (Å²) in [7, 11) is 1.67. The molecule has 61 heavy (non-hydrogen) atoms. The van der Waals surface area contributed by atoms with Gasteiger partial charge in [0.25, 0.3) is 6.47 Å². The van der Waals surface area contributed by atoms with Crippen LogP contribution in [-0.4, -0.2) is 53.7 Å². The molecule has 0 aliphatic carbocycles. The molecule has 2 N–H and O–H groups in total. The highest BCUT2D eigenvalue weighted by atomic mass is 35.5. The van der Waals surface area contributed by atoms with E-state index in [-0.39, 0.29) is 30.6 Å². The summed E-state index contributed by atoms with van der Waals surface area (Å²) in [6.45, 7) is 3.80. The average Bonchev–Trinajstić information content (AvgIpc) is 3.28. The highest BCUT2D eigenvalue weighted by Crippen LogP contribution is 2.36. The first-order valence-corrected chi connectivity index (χ1v) is 20.8. The van der Waals surface area contributed by atoms with Crippen molar-refractivity contribution in [2.45, 2.75) is 57.5 Å². The first-order chi connectivity index (χ1) is 29.8. The standard InChI is InChI=1S/C48H47Cl2N3O5.CH2O2/c1-3-45(35-7-5-4-6-8-35)53-30-38-28-42(58-47(32-55-2)36-12-17-39(18-13-36)56-31-34-11-20-43(49)44(50)27-34)19-14-37(38)29-46(53)48(54)52-26-21-33-9-15-40(16-10-33)57-41-22-24-51-25-23-41;2-1-3/h4-20,22-25,27-28,45-47H,3,21,26,29-32H2,1-2H3,(H,52,54);1H,(H,2,3). The molecular weight excluding hydrogens is 813 g/mol. The molecule has 6 aromatic rings. The zero-order chi connectivity index (χ0) is 43.0. The predicted molar refractivity (Wildman–Crippen MR) is 238 cm³/mol. The fourth-order valence-corrected chi connectivity index (χ4v) is 7.69. The molecule has 0 fully saturated rings. The molecule has 0 saturated carbocycles. The molecular formula is C49H49Cl2N3O7. The third-order valence-electron chi connectivity index (χ3n) is 10.4. The maximum atomic E-state index is 14.1. The van der Waals surface area contributed by atoms with E-state index < -0.39 is 0 Å². The Balaban J connectivity index is 0.00000201. The first kappa shape index (κ1) is 44.6. The van der Waals surface area contributed by atoms with Crippen molar-refractivity contribution >= 4 is 35.6 Å². The van der Waals surface area contributed by atoms with Gasteiger partial charge in [0, 0.05) is 38.6 Å². The van der Waals surface area contributed by atoms with Crippen molar-refractivity contribution in [1.29, 1.82) is 0 Å². The maximum Gasteiger partial charge on any atom is 0.290 e. The van der Waals surface area contributed by atoms with Crippen molar-refractivity contribution in [1.82, 2.24) is 15.2 Å². The largest absolute Gasteiger partial charge is 0.489 e. The molecule has 0 spiro atoms. The Bertz CT molecular complexity index is 2300. The molecule has 1 aromatic heterocycles. The van der Waals surface area contributed by atoms with E-state index in [1.165, 1.54) is 5.56 Å². The van der Waals surface area contributed by atoms with Crippen LogP contribution in [0.4, 0.5) is 0 Å². The second kappa shape index (κ2) is 22.6. The molecule has 0 bridgehead atoms. The lowest BCUT2D eigenvalue weighted by atomic mass is 9.89. The number of pyridine rings is 1. The molecule has 10 nitrogen and oxygen atoms in total. The Morgan fingerprint density at radius 1 is 0.820 bits per heavy atom. The lowest BCUT2D eigenvalue weighted by Crippen LogP contribution is -2.51. The zero-order valence-corrected chi connectivity index (χ0v) is 35.6. The monoisotopic (exact) mass is 861 g/mol. The Hall–Kier alpha value is -5.91. The summed E-state index contributed by atoms with van der Waals surface area (Å²) in [5.74, 6) is 2.99. The van der Waals surface area contributed by atoms with E-state index in [2.05, 4.69) is 58.5 Å². The lowest BCUT2D eigenvalue weighted by molar-refractivity contribution is -0.128. The summed E-state index contributed by atoms with van der Waals surface area (Å²) in [5.41, 5.74) is 6.49. The highest BCUT2D eigenvalue weighted by Gasteiger charge is 2.36. The van der Waals surface area contributed by atoms with Crippen LogP contribution in [0.15, 0.2) is 140 Å². The number of benzene rings is 5. The number of hydrogen-bond acceptors (Lipinski definition) is 8. The Kier molecular flexibility index (Phi) is 16.6. The van der Waals surface area contributed by atoms with Gasteiger partial charge in [-0.25, -0.2) is 0 Å². The van der Waals surface area contributed by atoms with Crippen molar-refractivity contribution < 1.29 is 33.6 Å². The van der Waals surface area contributed by atoms with Gasteiger partial charge >= 0.3 is 0 Å². The molecule has 7 rings (SSSR count). The molecule has 0 saturated heterocycles. The van der Waals surface area contributed by atoms with Crippen LogP contribution < -0.4 is 19.5 Å². The molecule has 1 aliphatic heterocycles. The van der Waals surface area contributed by atoms with Gasteiger partial charge in [-0.1, -0.05) is 96.9 Å². The molecule has 2 heterocycles. The SMILES string of the molecule is CCC(c1ccccc1)N1Cc2cc(OC(COC)c3ccc(OCc4ccc(Cl)c(Cl)c4)cc3)ccc2CC1C(=O)NCCc1ccc(Oc2ccncc2)cc1.O=CO. The minimum absolute atomic E-state index is 0.0301. The number of carbonyl (C=O) groups excluding carboxylic acids is 1.